The molecule has 1 saturated heterocycles. The molecule has 0 saturated carbocycles. The minimum Gasteiger partial charge on any atom is -0.475 e. The molecule has 0 atom stereocenters. The van der Waals surface area contributed by atoms with Crippen molar-refractivity contribution in [3.8, 4) is 0 Å². The fourth-order valence-electron chi connectivity index (χ4n) is 3.61. The zero-order valence-corrected chi connectivity index (χ0v) is 17.1. The van der Waals surface area contributed by atoms with Gasteiger partial charge in [-0.05, 0) is 18.1 Å². The molecule has 1 fully saturated rings. The summed E-state index contributed by atoms with van der Waals surface area (Å²) in [6, 6.07) is 4.00. The van der Waals surface area contributed by atoms with Crippen LogP contribution in [0.5, 0.6) is 0 Å². The van der Waals surface area contributed by atoms with Gasteiger partial charge in [0.2, 0.25) is 0 Å². The number of amides is 1. The summed E-state index contributed by atoms with van der Waals surface area (Å²) in [5.41, 5.74) is 2.14. The molecule has 11 heteroatoms. The normalized spacial score (nSPS) is 16.7. The molecule has 1 N–H and O–H groups in total. The number of Topliss-reactive ketones (excluding diaryl/α,β-unsaturated/α-hetero) is 1. The summed E-state index contributed by atoms with van der Waals surface area (Å²) < 4.78 is 37.2. The molecule has 1 aliphatic heterocycles. The van der Waals surface area contributed by atoms with E-state index in [4.69, 9.17) is 14.3 Å². The lowest BCUT2D eigenvalue weighted by molar-refractivity contribution is -0.192. The third-order valence-electron chi connectivity index (χ3n) is 5.22. The van der Waals surface area contributed by atoms with E-state index in [1.54, 1.807) is 6.20 Å². The number of carboxylic acid groups (broad SMARTS) is 1. The molecule has 0 radical (unpaired) electrons. The van der Waals surface area contributed by atoms with Crippen LogP contribution in [0.25, 0.3) is 0 Å². The first kappa shape index (κ1) is 23.5. The van der Waals surface area contributed by atoms with Gasteiger partial charge < -0.3 is 14.4 Å². The second-order valence-corrected chi connectivity index (χ2v) is 7.46. The molecule has 1 aliphatic carbocycles. The van der Waals surface area contributed by atoms with E-state index >= 15 is 0 Å². The third kappa shape index (κ3) is 5.72. The number of aryl methyl sites for hydroxylation is 1. The Balaban J connectivity index is 0.000000360. The number of alkyl halides is 3. The summed E-state index contributed by atoms with van der Waals surface area (Å²) in [6.45, 7) is 3.79. The van der Waals surface area contributed by atoms with E-state index < -0.39 is 12.1 Å². The Kier molecular flexibility index (Phi) is 7.29. The fourth-order valence-corrected chi connectivity index (χ4v) is 3.61. The quantitative estimate of drug-likeness (QED) is 0.762. The number of hydrogen-bond donors (Lipinski definition) is 1. The van der Waals surface area contributed by atoms with E-state index in [-0.39, 0.29) is 11.7 Å². The molecule has 32 heavy (non-hydrogen) atoms. The standard InChI is InChI=1S/C19H21N3O3.C2HF3O2/c23-16-4-1-5-17-18(16)15(13-25-17)19(24)22-9-7-21(8-10-22)12-14-3-2-6-20-11-14;3-2(4,5)1(6)7/h2-3,6,11,13H,1,4-5,7-10,12H2;(H,6,7). The summed E-state index contributed by atoms with van der Waals surface area (Å²) in [6.07, 6.45) is 2.09. The maximum Gasteiger partial charge on any atom is 0.490 e. The zero-order chi connectivity index (χ0) is 23.3. The van der Waals surface area contributed by atoms with E-state index in [2.05, 4.69) is 16.0 Å². The van der Waals surface area contributed by atoms with Crippen LogP contribution in [0.2, 0.25) is 0 Å². The predicted octanol–water partition coefficient (Wildman–Crippen LogP) is 2.78. The number of pyridine rings is 1. The van der Waals surface area contributed by atoms with Crippen LogP contribution in [0.15, 0.2) is 35.2 Å². The number of furan rings is 1. The summed E-state index contributed by atoms with van der Waals surface area (Å²) in [7, 11) is 0. The van der Waals surface area contributed by atoms with Gasteiger partial charge >= 0.3 is 12.1 Å². The number of hydrogen-bond acceptors (Lipinski definition) is 6. The van der Waals surface area contributed by atoms with Crippen molar-refractivity contribution in [3.63, 3.8) is 0 Å². The van der Waals surface area contributed by atoms with Gasteiger partial charge in [-0.25, -0.2) is 4.79 Å². The van der Waals surface area contributed by atoms with Crippen LogP contribution in [-0.4, -0.2) is 69.9 Å². The number of nitrogens with zero attached hydrogens (tertiary/aromatic N) is 3. The van der Waals surface area contributed by atoms with Gasteiger partial charge in [0.25, 0.3) is 5.91 Å². The molecule has 2 aromatic rings. The van der Waals surface area contributed by atoms with Crippen molar-refractivity contribution in [1.29, 1.82) is 0 Å². The van der Waals surface area contributed by atoms with Gasteiger partial charge in [0.05, 0.1) is 11.1 Å². The molecule has 2 aromatic heterocycles. The highest BCUT2D eigenvalue weighted by Gasteiger charge is 2.38. The Morgan fingerprint density at radius 1 is 1.16 bits per heavy atom. The van der Waals surface area contributed by atoms with Gasteiger partial charge in [-0.1, -0.05) is 6.07 Å². The SMILES string of the molecule is O=C(O)C(F)(F)F.O=C1CCCc2occ(C(=O)N3CCN(Cc4cccnc4)CC3)c21. The Hall–Kier alpha value is -3.21. The Labute approximate surface area is 181 Å². The molecular weight excluding hydrogens is 431 g/mol. The molecule has 1 amide bonds. The minimum atomic E-state index is -5.08. The average molecular weight is 453 g/mol. The van der Waals surface area contributed by atoms with Gasteiger partial charge in [-0.3, -0.25) is 19.5 Å². The van der Waals surface area contributed by atoms with Gasteiger partial charge in [-0.15, -0.1) is 0 Å². The molecule has 0 spiro atoms. The van der Waals surface area contributed by atoms with Crippen LogP contribution in [0.1, 0.15) is 44.9 Å². The van der Waals surface area contributed by atoms with E-state index in [9.17, 15) is 22.8 Å². The maximum absolute atomic E-state index is 12.8. The first-order valence-electron chi connectivity index (χ1n) is 10.0. The van der Waals surface area contributed by atoms with Crippen molar-refractivity contribution < 1.29 is 37.1 Å². The maximum atomic E-state index is 12.8. The Morgan fingerprint density at radius 2 is 1.84 bits per heavy atom. The zero-order valence-electron chi connectivity index (χ0n) is 17.1. The number of ketones is 1. The van der Waals surface area contributed by atoms with Crippen molar-refractivity contribution >= 4 is 17.7 Å². The number of halogens is 3. The molecule has 8 nitrogen and oxygen atoms in total. The fraction of sp³-hybridized carbons (Fsp3) is 0.429. The van der Waals surface area contributed by atoms with Crippen molar-refractivity contribution in [2.45, 2.75) is 32.0 Å². The Bertz CT molecular complexity index is 967. The van der Waals surface area contributed by atoms with E-state index in [1.165, 1.54) is 11.8 Å². The highest BCUT2D eigenvalue weighted by atomic mass is 19.4. The number of aliphatic carboxylic acids is 1. The van der Waals surface area contributed by atoms with Gasteiger partial charge in [0.1, 0.15) is 12.0 Å². The van der Waals surface area contributed by atoms with E-state index in [0.29, 0.717) is 36.4 Å². The third-order valence-corrected chi connectivity index (χ3v) is 5.22. The highest BCUT2D eigenvalue weighted by molar-refractivity contribution is 6.09. The smallest absolute Gasteiger partial charge is 0.475 e. The minimum absolute atomic E-state index is 0.0357. The monoisotopic (exact) mass is 453 g/mol. The molecule has 2 aliphatic rings. The number of carbonyl (C=O) groups is 3. The van der Waals surface area contributed by atoms with Crippen LogP contribution in [0.3, 0.4) is 0 Å². The molecule has 4 rings (SSSR count). The lowest BCUT2D eigenvalue weighted by Crippen LogP contribution is -2.48. The molecule has 0 aromatic carbocycles. The molecule has 3 heterocycles. The molecule has 172 valence electrons. The number of fused-ring (bicyclic) bond motifs is 1. The van der Waals surface area contributed by atoms with Crippen LogP contribution < -0.4 is 0 Å². The second kappa shape index (κ2) is 9.94. The molecular formula is C21H22F3N3O5. The van der Waals surface area contributed by atoms with Crippen LogP contribution >= 0.6 is 0 Å². The van der Waals surface area contributed by atoms with Crippen LogP contribution in [0.4, 0.5) is 13.2 Å². The number of carboxylic acids is 1. The summed E-state index contributed by atoms with van der Waals surface area (Å²) in [5, 5.41) is 7.12. The lowest BCUT2D eigenvalue weighted by atomic mass is 9.93. The van der Waals surface area contributed by atoms with Crippen LogP contribution in [0, 0.1) is 0 Å². The topological polar surface area (TPSA) is 104 Å². The van der Waals surface area contributed by atoms with Gasteiger partial charge in [0.15, 0.2) is 5.78 Å². The summed E-state index contributed by atoms with van der Waals surface area (Å²) >= 11 is 0. The second-order valence-electron chi connectivity index (χ2n) is 7.46. The first-order chi connectivity index (χ1) is 15.2. The first-order valence-corrected chi connectivity index (χ1v) is 10.0. The Morgan fingerprint density at radius 3 is 2.44 bits per heavy atom. The van der Waals surface area contributed by atoms with Crippen molar-refractivity contribution in [3.05, 3.63) is 53.2 Å². The predicted molar refractivity (Wildman–Crippen MR) is 105 cm³/mol. The number of rotatable bonds is 3. The molecule has 0 bridgehead atoms. The average Bonchev–Trinajstić information content (AvgIpc) is 3.20. The van der Waals surface area contributed by atoms with Gasteiger partial charge in [0, 0.05) is 58.0 Å². The highest BCUT2D eigenvalue weighted by Crippen LogP contribution is 2.27. The largest absolute Gasteiger partial charge is 0.490 e. The lowest BCUT2D eigenvalue weighted by Gasteiger charge is -2.34. The summed E-state index contributed by atoms with van der Waals surface area (Å²) in [5.74, 6) is -2.13. The number of aromatic nitrogens is 1. The van der Waals surface area contributed by atoms with E-state index in [0.717, 1.165) is 32.5 Å². The van der Waals surface area contributed by atoms with Crippen molar-refractivity contribution in [2.75, 3.05) is 26.2 Å². The van der Waals surface area contributed by atoms with Crippen molar-refractivity contribution in [1.82, 2.24) is 14.8 Å². The molecule has 0 unspecified atom stereocenters. The summed E-state index contributed by atoms with van der Waals surface area (Å²) in [4.78, 5) is 42.2. The van der Waals surface area contributed by atoms with Crippen molar-refractivity contribution in [2.24, 2.45) is 0 Å². The van der Waals surface area contributed by atoms with Gasteiger partial charge in [-0.2, -0.15) is 13.2 Å². The number of piperazine rings is 1. The van der Waals surface area contributed by atoms with Crippen LogP contribution in [-0.2, 0) is 17.8 Å². The van der Waals surface area contributed by atoms with E-state index in [1.807, 2.05) is 17.2 Å². The number of carbonyl (C=O) groups excluding carboxylic acids is 2.